The van der Waals surface area contributed by atoms with E-state index >= 15 is 0 Å². The van der Waals surface area contributed by atoms with E-state index in [1.807, 2.05) is 31.2 Å². The Morgan fingerprint density at radius 1 is 0.947 bits per heavy atom. The Labute approximate surface area is 113 Å². The van der Waals surface area contributed by atoms with Gasteiger partial charge in [-0.25, -0.2) is 9.97 Å². The number of benzene rings is 1. The van der Waals surface area contributed by atoms with Gasteiger partial charge >= 0.3 is 0 Å². The second kappa shape index (κ2) is 3.65. The topological polar surface area (TPSA) is 51.8 Å². The highest BCUT2D eigenvalue weighted by Gasteiger charge is 2.12. The quantitative estimate of drug-likeness (QED) is 0.525. The van der Waals surface area contributed by atoms with E-state index < -0.39 is 0 Å². The largest absolute Gasteiger partial charge is 0.383 e. The van der Waals surface area contributed by atoms with Gasteiger partial charge in [0, 0.05) is 21.9 Å². The molecule has 2 N–H and O–H groups in total. The smallest absolute Gasteiger partial charge is 0.132 e. The second-order valence-corrected chi connectivity index (χ2v) is 5.63. The summed E-state index contributed by atoms with van der Waals surface area (Å²) in [5, 5.41) is 3.26. The van der Waals surface area contributed by atoms with Gasteiger partial charge in [0.1, 0.15) is 10.6 Å². The van der Waals surface area contributed by atoms with E-state index in [1.54, 1.807) is 11.3 Å². The third-order valence-electron chi connectivity index (χ3n) is 3.35. The van der Waals surface area contributed by atoms with E-state index in [4.69, 9.17) is 5.73 Å². The van der Waals surface area contributed by atoms with Crippen molar-refractivity contribution >= 4 is 48.4 Å². The number of thiophene rings is 1. The van der Waals surface area contributed by atoms with E-state index in [9.17, 15) is 0 Å². The lowest BCUT2D eigenvalue weighted by Crippen LogP contribution is -1.91. The zero-order valence-corrected chi connectivity index (χ0v) is 11.2. The second-order valence-electron chi connectivity index (χ2n) is 4.63. The molecule has 0 aliphatic carbocycles. The van der Waals surface area contributed by atoms with Crippen molar-refractivity contribution in [1.82, 2.24) is 9.97 Å². The van der Waals surface area contributed by atoms with Crippen LogP contribution in [-0.2, 0) is 0 Å². The molecule has 3 nitrogen and oxygen atoms in total. The Hall–Kier alpha value is -2.20. The van der Waals surface area contributed by atoms with Crippen LogP contribution in [0.15, 0.2) is 36.4 Å². The lowest BCUT2D eigenvalue weighted by atomic mass is 10.1. The molecule has 4 heteroatoms. The summed E-state index contributed by atoms with van der Waals surface area (Å²) in [6, 6.07) is 12.2. The maximum Gasteiger partial charge on any atom is 0.132 e. The van der Waals surface area contributed by atoms with Gasteiger partial charge in [0.15, 0.2) is 0 Å². The number of nitrogen functional groups attached to an aromatic ring is 1. The average molecular weight is 265 g/mol. The fraction of sp³-hybridized carbons (Fsp3) is 0.0667. The third kappa shape index (κ3) is 1.43. The number of pyridine rings is 2. The Morgan fingerprint density at radius 3 is 2.58 bits per heavy atom. The van der Waals surface area contributed by atoms with Gasteiger partial charge in [-0.1, -0.05) is 24.3 Å². The van der Waals surface area contributed by atoms with E-state index in [0.29, 0.717) is 5.82 Å². The van der Waals surface area contributed by atoms with Gasteiger partial charge in [-0.05, 0) is 19.1 Å². The first kappa shape index (κ1) is 10.7. The highest BCUT2D eigenvalue weighted by atomic mass is 32.1. The van der Waals surface area contributed by atoms with Crippen LogP contribution in [0.2, 0.25) is 0 Å². The van der Waals surface area contributed by atoms with Crippen molar-refractivity contribution in [2.75, 3.05) is 5.73 Å². The zero-order valence-electron chi connectivity index (χ0n) is 10.3. The fourth-order valence-corrected chi connectivity index (χ4v) is 3.63. The number of nitrogens with two attached hydrogens (primary N) is 1. The van der Waals surface area contributed by atoms with Gasteiger partial charge in [0.05, 0.1) is 10.2 Å². The molecule has 0 saturated heterocycles. The Balaban J connectivity index is 2.31. The molecule has 0 radical (unpaired) electrons. The SMILES string of the molecule is Cc1ccc2c(n1)sc1c3ccccc3c(N)nc21. The van der Waals surface area contributed by atoms with Gasteiger partial charge < -0.3 is 5.73 Å². The molecule has 0 atom stereocenters. The van der Waals surface area contributed by atoms with E-state index in [0.717, 1.165) is 36.9 Å². The molecule has 0 fully saturated rings. The molecule has 92 valence electrons. The molecule has 1 aromatic carbocycles. The molecule has 0 bridgehead atoms. The minimum atomic E-state index is 0.586. The van der Waals surface area contributed by atoms with Gasteiger partial charge in [0.2, 0.25) is 0 Å². The van der Waals surface area contributed by atoms with Crippen LogP contribution in [0.4, 0.5) is 5.82 Å². The number of fused-ring (bicyclic) bond motifs is 5. The minimum absolute atomic E-state index is 0.586. The maximum absolute atomic E-state index is 6.08. The van der Waals surface area contributed by atoms with Crippen LogP contribution in [0.5, 0.6) is 0 Å². The molecule has 0 aliphatic rings. The van der Waals surface area contributed by atoms with E-state index in [2.05, 4.69) is 22.1 Å². The van der Waals surface area contributed by atoms with Gasteiger partial charge in [0.25, 0.3) is 0 Å². The van der Waals surface area contributed by atoms with Crippen LogP contribution in [-0.4, -0.2) is 9.97 Å². The van der Waals surface area contributed by atoms with Crippen molar-refractivity contribution in [3.63, 3.8) is 0 Å². The van der Waals surface area contributed by atoms with Crippen LogP contribution in [0, 0.1) is 6.92 Å². The molecule has 3 aromatic heterocycles. The predicted octanol–water partition coefficient (Wildman–Crippen LogP) is 3.89. The lowest BCUT2D eigenvalue weighted by Gasteiger charge is -2.02. The van der Waals surface area contributed by atoms with Gasteiger partial charge in [-0.2, -0.15) is 0 Å². The number of aryl methyl sites for hydroxylation is 1. The molecule has 0 spiro atoms. The van der Waals surface area contributed by atoms with Crippen molar-refractivity contribution in [1.29, 1.82) is 0 Å². The number of hydrogen-bond acceptors (Lipinski definition) is 4. The average Bonchev–Trinajstić information content (AvgIpc) is 2.77. The summed E-state index contributed by atoms with van der Waals surface area (Å²) >= 11 is 1.68. The highest BCUT2D eigenvalue weighted by molar-refractivity contribution is 7.26. The molecular formula is C15H11N3S. The van der Waals surface area contributed by atoms with Crippen molar-refractivity contribution < 1.29 is 0 Å². The standard InChI is InChI=1S/C15H11N3S/c1-8-6-7-11-12-13(19-15(11)17-8)9-4-2-3-5-10(9)14(16)18-12/h2-7H,1H3,(H2,16,18). The molecule has 0 unspecified atom stereocenters. The summed E-state index contributed by atoms with van der Waals surface area (Å²) in [4.78, 5) is 10.2. The minimum Gasteiger partial charge on any atom is -0.383 e. The Bertz CT molecular complexity index is 940. The van der Waals surface area contributed by atoms with Crippen LogP contribution < -0.4 is 5.73 Å². The predicted molar refractivity (Wildman–Crippen MR) is 81.6 cm³/mol. The van der Waals surface area contributed by atoms with Crippen LogP contribution in [0.3, 0.4) is 0 Å². The highest BCUT2D eigenvalue weighted by Crippen LogP contribution is 2.37. The molecule has 3 heterocycles. The van der Waals surface area contributed by atoms with Gasteiger partial charge in [-0.3, -0.25) is 0 Å². The van der Waals surface area contributed by atoms with Gasteiger partial charge in [-0.15, -0.1) is 11.3 Å². The number of aromatic nitrogens is 2. The fourth-order valence-electron chi connectivity index (χ4n) is 2.44. The molecule has 19 heavy (non-hydrogen) atoms. The number of nitrogens with zero attached hydrogens (tertiary/aromatic N) is 2. The first-order chi connectivity index (χ1) is 9.24. The van der Waals surface area contributed by atoms with E-state index in [-0.39, 0.29) is 0 Å². The maximum atomic E-state index is 6.08. The molecule has 0 amide bonds. The third-order valence-corrected chi connectivity index (χ3v) is 4.47. The van der Waals surface area contributed by atoms with Crippen molar-refractivity contribution in [3.8, 4) is 0 Å². The summed E-state index contributed by atoms with van der Waals surface area (Å²) in [5.41, 5.74) is 8.06. The number of anilines is 1. The number of hydrogen-bond donors (Lipinski definition) is 1. The van der Waals surface area contributed by atoms with Crippen LogP contribution >= 0.6 is 11.3 Å². The van der Waals surface area contributed by atoms with Crippen LogP contribution in [0.1, 0.15) is 5.69 Å². The normalized spacial score (nSPS) is 11.6. The number of rotatable bonds is 0. The van der Waals surface area contributed by atoms with Crippen molar-refractivity contribution in [2.45, 2.75) is 6.92 Å². The lowest BCUT2D eigenvalue weighted by molar-refractivity contribution is 1.27. The molecular weight excluding hydrogens is 254 g/mol. The van der Waals surface area contributed by atoms with Crippen molar-refractivity contribution in [3.05, 3.63) is 42.1 Å². The molecule has 0 saturated carbocycles. The summed E-state index contributed by atoms with van der Waals surface area (Å²) in [6.07, 6.45) is 0. The molecule has 4 rings (SSSR count). The molecule has 4 aromatic rings. The monoisotopic (exact) mass is 265 g/mol. The van der Waals surface area contributed by atoms with Crippen LogP contribution in [0.25, 0.3) is 31.2 Å². The summed E-state index contributed by atoms with van der Waals surface area (Å²) in [5.74, 6) is 0.586. The first-order valence-electron chi connectivity index (χ1n) is 6.08. The Morgan fingerprint density at radius 2 is 1.74 bits per heavy atom. The summed E-state index contributed by atoms with van der Waals surface area (Å²) < 4.78 is 1.16. The summed E-state index contributed by atoms with van der Waals surface area (Å²) in [7, 11) is 0. The zero-order chi connectivity index (χ0) is 13.0. The van der Waals surface area contributed by atoms with Crippen molar-refractivity contribution in [2.24, 2.45) is 0 Å². The summed E-state index contributed by atoms with van der Waals surface area (Å²) in [6.45, 7) is 2.00. The Kier molecular flexibility index (Phi) is 2.05. The van der Waals surface area contributed by atoms with E-state index in [1.165, 1.54) is 0 Å². The molecule has 0 aliphatic heterocycles. The first-order valence-corrected chi connectivity index (χ1v) is 6.90.